The van der Waals surface area contributed by atoms with Crippen LogP contribution in [0, 0.1) is 0 Å². The summed E-state index contributed by atoms with van der Waals surface area (Å²) in [4.78, 5) is 19.6. The molecule has 0 spiro atoms. The fraction of sp³-hybridized carbons (Fsp3) is 0.118. The van der Waals surface area contributed by atoms with Gasteiger partial charge >= 0.3 is 0 Å². The van der Waals surface area contributed by atoms with E-state index in [0.717, 1.165) is 22.6 Å². The maximum Gasteiger partial charge on any atom is 0.271 e. The quantitative estimate of drug-likeness (QED) is 0.573. The molecule has 0 unspecified atom stereocenters. The van der Waals surface area contributed by atoms with Gasteiger partial charge in [0.25, 0.3) is 5.91 Å². The van der Waals surface area contributed by atoms with Crippen molar-refractivity contribution in [1.82, 2.24) is 15.4 Å². The molecule has 3 aromatic rings. The van der Waals surface area contributed by atoms with Crippen LogP contribution in [0.5, 0.6) is 0 Å². The number of aromatic amines is 1. The van der Waals surface area contributed by atoms with E-state index in [1.807, 2.05) is 49.4 Å². The van der Waals surface area contributed by atoms with Crippen molar-refractivity contribution in [2.45, 2.75) is 13.3 Å². The van der Waals surface area contributed by atoms with Crippen LogP contribution in [0.2, 0.25) is 0 Å². The topological polar surface area (TPSA) is 70.1 Å². The molecule has 3 rings (SSSR count). The Labute approximate surface area is 128 Å². The highest BCUT2D eigenvalue weighted by Gasteiger charge is 2.05. The van der Waals surface area contributed by atoms with E-state index in [9.17, 15) is 4.79 Å². The molecule has 0 bridgehead atoms. The number of imidazole rings is 1. The first kappa shape index (κ1) is 14.0. The number of rotatable bonds is 4. The number of nitrogens with one attached hydrogen (secondary N) is 2. The third-order valence-corrected chi connectivity index (χ3v) is 3.25. The van der Waals surface area contributed by atoms with Gasteiger partial charge in [-0.3, -0.25) is 4.79 Å². The molecule has 5 heteroatoms. The number of carbonyl (C=O) groups excluding carboxylic acids is 1. The minimum absolute atomic E-state index is 0.218. The molecule has 0 radical (unpaired) electrons. The minimum atomic E-state index is -0.218. The Morgan fingerprint density at radius 1 is 1.14 bits per heavy atom. The van der Waals surface area contributed by atoms with E-state index < -0.39 is 0 Å². The predicted molar refractivity (Wildman–Crippen MR) is 86.8 cm³/mol. The van der Waals surface area contributed by atoms with Gasteiger partial charge in [-0.25, -0.2) is 10.4 Å². The molecule has 22 heavy (non-hydrogen) atoms. The molecule has 1 heterocycles. The molecule has 110 valence electrons. The van der Waals surface area contributed by atoms with Gasteiger partial charge in [-0.05, 0) is 31.2 Å². The van der Waals surface area contributed by atoms with Gasteiger partial charge in [0.15, 0.2) is 0 Å². The average molecular weight is 292 g/mol. The first-order valence-corrected chi connectivity index (χ1v) is 7.04. The Bertz CT molecular complexity index is 788. The number of nitrogens with zero attached hydrogens (tertiary/aromatic N) is 2. The van der Waals surface area contributed by atoms with Gasteiger partial charge in [0.1, 0.15) is 5.82 Å². The summed E-state index contributed by atoms with van der Waals surface area (Å²) >= 11 is 0. The van der Waals surface area contributed by atoms with Crippen LogP contribution in [0.25, 0.3) is 11.0 Å². The third-order valence-electron chi connectivity index (χ3n) is 3.25. The van der Waals surface area contributed by atoms with Gasteiger partial charge in [0.2, 0.25) is 0 Å². The second kappa shape index (κ2) is 6.22. The largest absolute Gasteiger partial charge is 0.342 e. The van der Waals surface area contributed by atoms with E-state index >= 15 is 0 Å². The lowest BCUT2D eigenvalue weighted by Gasteiger charge is -2.01. The number of carbonyl (C=O) groups is 1. The number of aromatic nitrogens is 2. The van der Waals surface area contributed by atoms with Gasteiger partial charge < -0.3 is 4.98 Å². The highest BCUT2D eigenvalue weighted by Crippen LogP contribution is 2.10. The van der Waals surface area contributed by atoms with E-state index in [2.05, 4.69) is 20.5 Å². The number of para-hydroxylation sites is 2. The van der Waals surface area contributed by atoms with E-state index in [1.165, 1.54) is 0 Å². The molecule has 2 N–H and O–H groups in total. The Kier molecular flexibility index (Phi) is 3.96. The number of hydrogen-bond acceptors (Lipinski definition) is 3. The molecule has 1 amide bonds. The van der Waals surface area contributed by atoms with Gasteiger partial charge in [0, 0.05) is 17.7 Å². The average Bonchev–Trinajstić information content (AvgIpc) is 2.95. The van der Waals surface area contributed by atoms with Crippen molar-refractivity contribution in [1.29, 1.82) is 0 Å². The number of H-pyrrole nitrogens is 1. The lowest BCUT2D eigenvalue weighted by atomic mass is 10.2. The second-order valence-corrected chi connectivity index (χ2v) is 5.03. The first-order valence-electron chi connectivity index (χ1n) is 7.04. The van der Waals surface area contributed by atoms with Crippen molar-refractivity contribution >= 4 is 22.7 Å². The maximum atomic E-state index is 11.9. The van der Waals surface area contributed by atoms with Crippen molar-refractivity contribution < 1.29 is 4.79 Å². The van der Waals surface area contributed by atoms with E-state index in [-0.39, 0.29) is 5.91 Å². The van der Waals surface area contributed by atoms with Crippen molar-refractivity contribution in [3.05, 3.63) is 66.0 Å². The molecule has 5 nitrogen and oxygen atoms in total. The number of fused-ring (bicyclic) bond motifs is 1. The summed E-state index contributed by atoms with van der Waals surface area (Å²) in [7, 11) is 0. The van der Waals surface area contributed by atoms with Crippen LogP contribution in [0.15, 0.2) is 59.7 Å². The predicted octanol–water partition coefficient (Wildman–Crippen LogP) is 2.91. The summed E-state index contributed by atoms with van der Waals surface area (Å²) in [6, 6.07) is 16.9. The maximum absolute atomic E-state index is 11.9. The summed E-state index contributed by atoms with van der Waals surface area (Å²) in [5.74, 6) is 0.612. The minimum Gasteiger partial charge on any atom is -0.342 e. The Hall–Kier alpha value is -2.95. The van der Waals surface area contributed by atoms with Crippen molar-refractivity contribution in [2.24, 2.45) is 5.10 Å². The number of hydrogen-bond donors (Lipinski definition) is 2. The number of benzene rings is 2. The highest BCUT2D eigenvalue weighted by molar-refractivity contribution is 5.95. The number of hydrazone groups is 1. The molecular weight excluding hydrogens is 276 g/mol. The molecule has 0 saturated heterocycles. The standard InChI is InChI=1S/C17H16N4O/c1-12(20-21-17(22)13-7-3-2-4-8-13)11-16-18-14-9-5-6-10-15(14)19-16/h2-10H,11H2,1H3,(H,18,19)(H,21,22)/b20-12+. The van der Waals surface area contributed by atoms with Crippen LogP contribution >= 0.6 is 0 Å². The van der Waals surface area contributed by atoms with Crippen molar-refractivity contribution in [2.75, 3.05) is 0 Å². The second-order valence-electron chi connectivity index (χ2n) is 5.03. The van der Waals surface area contributed by atoms with Gasteiger partial charge in [-0.1, -0.05) is 30.3 Å². The van der Waals surface area contributed by atoms with Crippen LogP contribution in [0.3, 0.4) is 0 Å². The normalized spacial score (nSPS) is 11.6. The molecule has 0 fully saturated rings. The summed E-state index contributed by atoms with van der Waals surface area (Å²) in [6.07, 6.45) is 0.559. The smallest absolute Gasteiger partial charge is 0.271 e. The zero-order valence-electron chi connectivity index (χ0n) is 12.2. The Morgan fingerprint density at radius 2 is 1.86 bits per heavy atom. The summed E-state index contributed by atoms with van der Waals surface area (Å²) in [6.45, 7) is 1.86. The van der Waals surface area contributed by atoms with Crippen LogP contribution in [0.4, 0.5) is 0 Å². The summed E-state index contributed by atoms with van der Waals surface area (Å²) in [5, 5.41) is 4.12. The summed E-state index contributed by atoms with van der Waals surface area (Å²) in [5.41, 5.74) is 5.85. The molecule has 1 aromatic heterocycles. The monoisotopic (exact) mass is 292 g/mol. The Balaban J connectivity index is 1.66. The van der Waals surface area contributed by atoms with Crippen molar-refractivity contribution in [3.8, 4) is 0 Å². The van der Waals surface area contributed by atoms with Crippen LogP contribution in [-0.4, -0.2) is 21.6 Å². The zero-order valence-corrected chi connectivity index (χ0v) is 12.2. The molecule has 0 aliphatic carbocycles. The van der Waals surface area contributed by atoms with Gasteiger partial charge in [-0.15, -0.1) is 0 Å². The fourth-order valence-electron chi connectivity index (χ4n) is 2.17. The molecule has 2 aromatic carbocycles. The zero-order chi connectivity index (χ0) is 15.4. The SMILES string of the molecule is C/C(Cc1nc2ccccc2[nH]1)=N\NC(=O)c1ccccc1. The van der Waals surface area contributed by atoms with E-state index in [4.69, 9.17) is 0 Å². The van der Waals surface area contributed by atoms with Crippen LogP contribution in [0.1, 0.15) is 23.1 Å². The number of amides is 1. The van der Waals surface area contributed by atoms with E-state index in [1.54, 1.807) is 12.1 Å². The lowest BCUT2D eigenvalue weighted by molar-refractivity contribution is 0.0954. The molecule has 0 atom stereocenters. The Morgan fingerprint density at radius 3 is 2.64 bits per heavy atom. The first-order chi connectivity index (χ1) is 10.7. The molecule has 0 saturated carbocycles. The fourth-order valence-corrected chi connectivity index (χ4v) is 2.17. The molecule has 0 aliphatic rings. The van der Waals surface area contributed by atoms with Gasteiger partial charge in [0.05, 0.1) is 11.0 Å². The highest BCUT2D eigenvalue weighted by atomic mass is 16.2. The van der Waals surface area contributed by atoms with Crippen molar-refractivity contribution in [3.63, 3.8) is 0 Å². The van der Waals surface area contributed by atoms with E-state index in [0.29, 0.717) is 12.0 Å². The third kappa shape index (κ3) is 3.20. The molecular formula is C17H16N4O. The lowest BCUT2D eigenvalue weighted by Crippen LogP contribution is -2.19. The molecule has 0 aliphatic heterocycles. The van der Waals surface area contributed by atoms with Crippen LogP contribution in [-0.2, 0) is 6.42 Å². The van der Waals surface area contributed by atoms with Gasteiger partial charge in [-0.2, -0.15) is 5.10 Å². The van der Waals surface area contributed by atoms with Crippen LogP contribution < -0.4 is 5.43 Å². The summed E-state index contributed by atoms with van der Waals surface area (Å²) < 4.78 is 0.